The molecule has 1 rings (SSSR count). The first-order valence-corrected chi connectivity index (χ1v) is 6.76. The second-order valence-corrected chi connectivity index (χ2v) is 5.25. The molecule has 106 valence electrons. The lowest BCUT2D eigenvalue weighted by Crippen LogP contribution is -2.46. The van der Waals surface area contributed by atoms with Crippen LogP contribution in [0.4, 0.5) is 0 Å². The summed E-state index contributed by atoms with van der Waals surface area (Å²) >= 11 is 0. The molecule has 4 heteroatoms. The van der Waals surface area contributed by atoms with E-state index >= 15 is 0 Å². The third kappa shape index (κ3) is 4.91. The molecule has 0 heterocycles. The molecular weight excluding hydrogens is 240 g/mol. The van der Waals surface area contributed by atoms with E-state index in [1.165, 1.54) is 0 Å². The van der Waals surface area contributed by atoms with Crippen molar-refractivity contribution in [2.45, 2.75) is 33.2 Å². The zero-order valence-corrected chi connectivity index (χ0v) is 12.0. The van der Waals surface area contributed by atoms with Crippen LogP contribution < -0.4 is 5.73 Å². The zero-order chi connectivity index (χ0) is 14.4. The monoisotopic (exact) mass is 264 g/mol. The van der Waals surface area contributed by atoms with Crippen molar-refractivity contribution in [3.8, 4) is 5.75 Å². The number of amides is 1. The molecule has 0 saturated carbocycles. The number of likely N-dealkylation sites (N-methyl/N-ethyl adjacent to an activating group) is 1. The van der Waals surface area contributed by atoms with E-state index in [0.717, 1.165) is 12.1 Å². The van der Waals surface area contributed by atoms with Crippen LogP contribution >= 0.6 is 0 Å². The van der Waals surface area contributed by atoms with Crippen molar-refractivity contribution in [1.29, 1.82) is 0 Å². The van der Waals surface area contributed by atoms with E-state index in [2.05, 4.69) is 13.8 Å². The molecule has 0 radical (unpaired) electrons. The summed E-state index contributed by atoms with van der Waals surface area (Å²) in [6.45, 7) is 7.55. The van der Waals surface area contributed by atoms with Gasteiger partial charge in [-0.1, -0.05) is 26.0 Å². The molecule has 0 aliphatic carbocycles. The van der Waals surface area contributed by atoms with Crippen molar-refractivity contribution in [1.82, 2.24) is 4.90 Å². The second-order valence-electron chi connectivity index (χ2n) is 5.25. The topological polar surface area (TPSA) is 66.6 Å². The molecule has 1 atom stereocenters. The van der Waals surface area contributed by atoms with Gasteiger partial charge in [-0.25, -0.2) is 0 Å². The van der Waals surface area contributed by atoms with Crippen LogP contribution in [-0.2, 0) is 11.2 Å². The maximum absolute atomic E-state index is 12.2. The summed E-state index contributed by atoms with van der Waals surface area (Å²) in [5.74, 6) is 0.646. The fourth-order valence-electron chi connectivity index (χ4n) is 2.02. The highest BCUT2D eigenvalue weighted by molar-refractivity contribution is 5.82. The number of aromatic hydroxyl groups is 1. The van der Waals surface area contributed by atoms with Gasteiger partial charge < -0.3 is 15.7 Å². The van der Waals surface area contributed by atoms with Crippen LogP contribution in [0.2, 0.25) is 0 Å². The summed E-state index contributed by atoms with van der Waals surface area (Å²) in [5.41, 5.74) is 6.94. The molecule has 0 aliphatic heterocycles. The normalized spacial score (nSPS) is 12.5. The Kier molecular flexibility index (Phi) is 5.83. The molecule has 1 aromatic rings. The first-order chi connectivity index (χ1) is 8.93. The summed E-state index contributed by atoms with van der Waals surface area (Å²) in [7, 11) is 0. The molecular formula is C15H24N2O2. The first kappa shape index (κ1) is 15.5. The molecule has 0 aliphatic rings. The number of hydrogen-bond donors (Lipinski definition) is 2. The van der Waals surface area contributed by atoms with Gasteiger partial charge in [0.15, 0.2) is 0 Å². The number of benzene rings is 1. The van der Waals surface area contributed by atoms with Gasteiger partial charge in [0.05, 0.1) is 6.04 Å². The van der Waals surface area contributed by atoms with E-state index in [1.807, 2.05) is 6.92 Å². The van der Waals surface area contributed by atoms with Gasteiger partial charge in [0.25, 0.3) is 0 Å². The molecule has 1 amide bonds. The smallest absolute Gasteiger partial charge is 0.239 e. The molecule has 4 nitrogen and oxygen atoms in total. The predicted molar refractivity (Wildman–Crippen MR) is 76.9 cm³/mol. The third-order valence-corrected chi connectivity index (χ3v) is 2.99. The zero-order valence-electron chi connectivity index (χ0n) is 12.0. The number of rotatable bonds is 6. The summed E-state index contributed by atoms with van der Waals surface area (Å²) in [5, 5.41) is 9.22. The van der Waals surface area contributed by atoms with Crippen LogP contribution in [0.15, 0.2) is 24.3 Å². The molecule has 0 aromatic heterocycles. The van der Waals surface area contributed by atoms with Crippen molar-refractivity contribution >= 4 is 5.91 Å². The maximum Gasteiger partial charge on any atom is 0.239 e. The third-order valence-electron chi connectivity index (χ3n) is 2.99. The van der Waals surface area contributed by atoms with Gasteiger partial charge >= 0.3 is 0 Å². The van der Waals surface area contributed by atoms with Crippen LogP contribution in [0, 0.1) is 5.92 Å². The number of carbonyl (C=O) groups excluding carboxylic acids is 1. The summed E-state index contributed by atoms with van der Waals surface area (Å²) < 4.78 is 0. The van der Waals surface area contributed by atoms with Crippen molar-refractivity contribution in [2.75, 3.05) is 13.1 Å². The number of carbonyl (C=O) groups is 1. The van der Waals surface area contributed by atoms with Crippen molar-refractivity contribution < 1.29 is 9.90 Å². The number of hydrogen-bond acceptors (Lipinski definition) is 3. The molecule has 0 saturated heterocycles. The maximum atomic E-state index is 12.2. The van der Waals surface area contributed by atoms with Gasteiger partial charge in [-0.2, -0.15) is 0 Å². The molecule has 1 unspecified atom stereocenters. The lowest BCUT2D eigenvalue weighted by atomic mass is 10.0. The average molecular weight is 264 g/mol. The Labute approximate surface area is 115 Å². The fraction of sp³-hybridized carbons (Fsp3) is 0.533. The Bertz CT molecular complexity index is 401. The Hall–Kier alpha value is -1.55. The van der Waals surface area contributed by atoms with Gasteiger partial charge in [-0.15, -0.1) is 0 Å². The number of nitrogens with two attached hydrogens (primary N) is 1. The quantitative estimate of drug-likeness (QED) is 0.823. The molecule has 19 heavy (non-hydrogen) atoms. The molecule has 3 N–H and O–H groups in total. The van der Waals surface area contributed by atoms with E-state index in [0.29, 0.717) is 18.9 Å². The minimum absolute atomic E-state index is 0.00993. The lowest BCUT2D eigenvalue weighted by Gasteiger charge is -2.26. The number of phenolic OH excluding ortho intramolecular Hbond substituents is 1. The van der Waals surface area contributed by atoms with Gasteiger partial charge in [0.1, 0.15) is 5.75 Å². The SMILES string of the molecule is CCN(CC(C)C)C(=O)C(N)Cc1ccc(O)cc1. The standard InChI is InChI=1S/C15H24N2O2/c1-4-17(10-11(2)3)15(19)14(16)9-12-5-7-13(18)8-6-12/h5-8,11,14,18H,4,9-10,16H2,1-3H3. The molecule has 0 bridgehead atoms. The predicted octanol–water partition coefficient (Wildman–Crippen LogP) is 1.77. The van der Waals surface area contributed by atoms with Crippen molar-refractivity contribution in [3.05, 3.63) is 29.8 Å². The summed E-state index contributed by atoms with van der Waals surface area (Å²) in [6, 6.07) is 6.28. The van der Waals surface area contributed by atoms with Gasteiger partial charge in [-0.05, 0) is 37.0 Å². The second kappa shape index (κ2) is 7.14. The Morgan fingerprint density at radius 1 is 1.32 bits per heavy atom. The van der Waals surface area contributed by atoms with Gasteiger partial charge in [-0.3, -0.25) is 4.79 Å². The highest BCUT2D eigenvalue weighted by Crippen LogP contribution is 2.12. The molecule has 0 spiro atoms. The Morgan fingerprint density at radius 3 is 2.37 bits per heavy atom. The van der Waals surface area contributed by atoms with Gasteiger partial charge in [0.2, 0.25) is 5.91 Å². The average Bonchev–Trinajstić information content (AvgIpc) is 2.37. The Balaban J connectivity index is 2.63. The lowest BCUT2D eigenvalue weighted by molar-refractivity contribution is -0.132. The van der Waals surface area contributed by atoms with Crippen LogP contribution in [0.25, 0.3) is 0 Å². The van der Waals surface area contributed by atoms with Crippen LogP contribution in [-0.4, -0.2) is 35.0 Å². The van der Waals surface area contributed by atoms with Crippen LogP contribution in [0.3, 0.4) is 0 Å². The Morgan fingerprint density at radius 2 is 1.89 bits per heavy atom. The number of nitrogens with zero attached hydrogens (tertiary/aromatic N) is 1. The van der Waals surface area contributed by atoms with Gasteiger partial charge in [0, 0.05) is 13.1 Å². The van der Waals surface area contributed by atoms with Crippen LogP contribution in [0.5, 0.6) is 5.75 Å². The summed E-state index contributed by atoms with van der Waals surface area (Å²) in [4.78, 5) is 14.0. The highest BCUT2D eigenvalue weighted by atomic mass is 16.3. The minimum atomic E-state index is -0.525. The largest absolute Gasteiger partial charge is 0.508 e. The fourth-order valence-corrected chi connectivity index (χ4v) is 2.02. The molecule has 1 aromatic carbocycles. The first-order valence-electron chi connectivity index (χ1n) is 6.76. The van der Waals surface area contributed by atoms with E-state index in [9.17, 15) is 9.90 Å². The van der Waals surface area contributed by atoms with E-state index in [4.69, 9.17) is 5.73 Å². The van der Waals surface area contributed by atoms with E-state index < -0.39 is 6.04 Å². The van der Waals surface area contributed by atoms with Crippen molar-refractivity contribution in [3.63, 3.8) is 0 Å². The highest BCUT2D eigenvalue weighted by Gasteiger charge is 2.20. The number of phenols is 1. The summed E-state index contributed by atoms with van der Waals surface area (Å²) in [6.07, 6.45) is 0.494. The molecule has 0 fully saturated rings. The minimum Gasteiger partial charge on any atom is -0.508 e. The van der Waals surface area contributed by atoms with E-state index in [1.54, 1.807) is 29.2 Å². The van der Waals surface area contributed by atoms with Crippen molar-refractivity contribution in [2.24, 2.45) is 11.7 Å². The van der Waals surface area contributed by atoms with E-state index in [-0.39, 0.29) is 11.7 Å². The van der Waals surface area contributed by atoms with Crippen LogP contribution in [0.1, 0.15) is 26.3 Å².